The molecule has 1 atom stereocenters. The number of nitrogens with zero attached hydrogens (tertiary/aromatic N) is 2. The Balaban J connectivity index is 1.34. The smallest absolute Gasteiger partial charge is 0.0669 e. The van der Waals surface area contributed by atoms with Crippen molar-refractivity contribution >= 4 is 0 Å². The molecule has 1 unspecified atom stereocenters. The van der Waals surface area contributed by atoms with Gasteiger partial charge in [-0.3, -0.25) is 9.80 Å². The molecule has 4 heteroatoms. The fraction of sp³-hybridized carbons (Fsp3) is 1.00. The molecule has 3 fully saturated rings. The fourth-order valence-corrected chi connectivity index (χ4v) is 3.85. The van der Waals surface area contributed by atoms with E-state index in [4.69, 9.17) is 0 Å². The van der Waals surface area contributed by atoms with E-state index in [9.17, 15) is 5.11 Å². The van der Waals surface area contributed by atoms with Crippen molar-refractivity contribution in [3.05, 3.63) is 0 Å². The van der Waals surface area contributed by atoms with Gasteiger partial charge in [-0.1, -0.05) is 25.7 Å². The van der Waals surface area contributed by atoms with E-state index in [-0.39, 0.29) is 6.10 Å². The molecule has 0 radical (unpaired) electrons. The molecule has 0 spiro atoms. The van der Waals surface area contributed by atoms with Gasteiger partial charge in [-0.25, -0.2) is 0 Å². The first-order chi connectivity index (χ1) is 9.31. The van der Waals surface area contributed by atoms with Crippen LogP contribution in [0.2, 0.25) is 0 Å². The van der Waals surface area contributed by atoms with Crippen LogP contribution in [0, 0.1) is 5.92 Å². The van der Waals surface area contributed by atoms with Gasteiger partial charge in [0, 0.05) is 51.9 Å². The lowest BCUT2D eigenvalue weighted by molar-refractivity contribution is 0.0374. The van der Waals surface area contributed by atoms with E-state index < -0.39 is 0 Å². The van der Waals surface area contributed by atoms with Crippen molar-refractivity contribution < 1.29 is 5.11 Å². The number of hydrogen-bond donors (Lipinski definition) is 2. The average molecular weight is 267 g/mol. The second kappa shape index (κ2) is 6.53. The Bertz CT molecular complexity index is 269. The number of hydrogen-bond acceptors (Lipinski definition) is 4. The van der Waals surface area contributed by atoms with E-state index in [1.807, 2.05) is 0 Å². The van der Waals surface area contributed by atoms with Crippen molar-refractivity contribution in [3.63, 3.8) is 0 Å². The summed E-state index contributed by atoms with van der Waals surface area (Å²) in [6.07, 6.45) is 6.39. The van der Waals surface area contributed by atoms with Crippen molar-refractivity contribution in [2.45, 2.75) is 44.2 Å². The van der Waals surface area contributed by atoms with Crippen LogP contribution in [0.5, 0.6) is 0 Å². The highest BCUT2D eigenvalue weighted by molar-refractivity contribution is 4.87. The van der Waals surface area contributed by atoms with E-state index in [2.05, 4.69) is 15.1 Å². The highest BCUT2D eigenvalue weighted by Crippen LogP contribution is 2.28. The zero-order valence-electron chi connectivity index (χ0n) is 12.1. The fourth-order valence-electron chi connectivity index (χ4n) is 3.85. The lowest BCUT2D eigenvalue weighted by atomic mass is 9.99. The third kappa shape index (κ3) is 3.69. The summed E-state index contributed by atoms with van der Waals surface area (Å²) >= 11 is 0. The zero-order valence-corrected chi connectivity index (χ0v) is 12.1. The molecular weight excluding hydrogens is 238 g/mol. The minimum Gasteiger partial charge on any atom is -0.392 e. The predicted octanol–water partition coefficient (Wildman–Crippen LogP) is 0.517. The van der Waals surface area contributed by atoms with Crippen LogP contribution in [0.4, 0.5) is 0 Å². The van der Waals surface area contributed by atoms with Gasteiger partial charge in [0.1, 0.15) is 0 Å². The number of nitrogens with one attached hydrogen (secondary N) is 1. The van der Waals surface area contributed by atoms with Crippen molar-refractivity contribution in [1.29, 1.82) is 0 Å². The Hall–Kier alpha value is -0.160. The van der Waals surface area contributed by atoms with Crippen molar-refractivity contribution in [1.82, 2.24) is 15.1 Å². The molecule has 2 aliphatic heterocycles. The number of piperazine rings is 1. The molecule has 0 aromatic heterocycles. The van der Waals surface area contributed by atoms with Gasteiger partial charge in [-0.05, 0) is 12.3 Å². The van der Waals surface area contributed by atoms with Crippen LogP contribution < -0.4 is 5.32 Å². The molecule has 1 saturated carbocycles. The van der Waals surface area contributed by atoms with Gasteiger partial charge in [-0.15, -0.1) is 0 Å². The summed E-state index contributed by atoms with van der Waals surface area (Å²) in [4.78, 5) is 5.07. The molecule has 0 aromatic carbocycles. The second-order valence-corrected chi connectivity index (χ2v) is 6.69. The Labute approximate surface area is 117 Å². The van der Waals surface area contributed by atoms with Crippen LogP contribution in [0.1, 0.15) is 32.1 Å². The van der Waals surface area contributed by atoms with Crippen molar-refractivity contribution in [2.75, 3.05) is 45.8 Å². The van der Waals surface area contributed by atoms with E-state index in [1.54, 1.807) is 0 Å². The second-order valence-electron chi connectivity index (χ2n) is 6.69. The number of aliphatic hydroxyl groups excluding tert-OH is 1. The van der Waals surface area contributed by atoms with Gasteiger partial charge in [0.25, 0.3) is 0 Å². The number of rotatable bonds is 5. The summed E-state index contributed by atoms with van der Waals surface area (Å²) < 4.78 is 0. The molecule has 0 bridgehead atoms. The molecule has 110 valence electrons. The zero-order chi connectivity index (χ0) is 13.1. The Kier molecular flexibility index (Phi) is 4.74. The largest absolute Gasteiger partial charge is 0.392 e. The Morgan fingerprint density at radius 2 is 1.74 bits per heavy atom. The van der Waals surface area contributed by atoms with E-state index in [1.165, 1.54) is 51.9 Å². The van der Waals surface area contributed by atoms with Crippen molar-refractivity contribution in [2.24, 2.45) is 5.92 Å². The predicted molar refractivity (Wildman–Crippen MR) is 77.3 cm³/mol. The maximum Gasteiger partial charge on any atom is 0.0669 e. The van der Waals surface area contributed by atoms with Crippen LogP contribution in [-0.2, 0) is 0 Å². The first kappa shape index (κ1) is 13.8. The summed E-state index contributed by atoms with van der Waals surface area (Å²) in [6, 6.07) is 0.783. The van der Waals surface area contributed by atoms with E-state index >= 15 is 0 Å². The number of aliphatic hydroxyl groups is 1. The monoisotopic (exact) mass is 267 g/mol. The summed E-state index contributed by atoms with van der Waals surface area (Å²) in [5.41, 5.74) is 0. The van der Waals surface area contributed by atoms with Crippen LogP contribution in [0.3, 0.4) is 0 Å². The molecule has 2 N–H and O–H groups in total. The van der Waals surface area contributed by atoms with Gasteiger partial charge < -0.3 is 10.4 Å². The highest BCUT2D eigenvalue weighted by Gasteiger charge is 2.28. The van der Waals surface area contributed by atoms with Crippen molar-refractivity contribution in [3.8, 4) is 0 Å². The lowest BCUT2D eigenvalue weighted by Gasteiger charge is -2.43. The van der Waals surface area contributed by atoms with Gasteiger partial charge in [-0.2, -0.15) is 0 Å². The van der Waals surface area contributed by atoms with Crippen LogP contribution in [-0.4, -0.2) is 72.9 Å². The third-order valence-electron chi connectivity index (χ3n) is 5.23. The van der Waals surface area contributed by atoms with Gasteiger partial charge >= 0.3 is 0 Å². The highest BCUT2D eigenvalue weighted by atomic mass is 16.3. The maximum absolute atomic E-state index is 10.2. The molecule has 3 rings (SSSR count). The molecule has 1 aliphatic carbocycles. The van der Waals surface area contributed by atoms with Gasteiger partial charge in [0.05, 0.1) is 6.10 Å². The summed E-state index contributed by atoms with van der Waals surface area (Å²) in [5, 5.41) is 13.6. The SMILES string of the molecule is OC(CC1CCCC1)CN1CCN(C2CNC2)CC1. The first-order valence-electron chi connectivity index (χ1n) is 8.16. The molecule has 3 aliphatic rings. The van der Waals surface area contributed by atoms with Crippen LogP contribution in [0.15, 0.2) is 0 Å². The van der Waals surface area contributed by atoms with Crippen LogP contribution in [0.25, 0.3) is 0 Å². The molecule has 0 aromatic rings. The third-order valence-corrected chi connectivity index (χ3v) is 5.23. The number of β-amino-alcohol motifs (C(OH)–C–C–N with tert-alkyl or cyclic N) is 1. The van der Waals surface area contributed by atoms with E-state index in [0.29, 0.717) is 0 Å². The standard InChI is InChI=1S/C15H29N3O/c19-15(9-13-3-1-2-4-13)12-17-5-7-18(8-6-17)14-10-16-11-14/h13-16,19H,1-12H2. The Morgan fingerprint density at radius 3 is 2.32 bits per heavy atom. The topological polar surface area (TPSA) is 38.7 Å². The van der Waals surface area contributed by atoms with E-state index in [0.717, 1.165) is 38.0 Å². The minimum absolute atomic E-state index is 0.0972. The van der Waals surface area contributed by atoms with Crippen LogP contribution >= 0.6 is 0 Å². The van der Waals surface area contributed by atoms with Gasteiger partial charge in [0.2, 0.25) is 0 Å². The lowest BCUT2D eigenvalue weighted by Crippen LogP contribution is -2.61. The first-order valence-corrected chi connectivity index (χ1v) is 8.16. The average Bonchev–Trinajstić information content (AvgIpc) is 2.82. The molecule has 4 nitrogen and oxygen atoms in total. The molecular formula is C15H29N3O. The molecule has 2 heterocycles. The normalized spacial score (nSPS) is 29.5. The summed E-state index contributed by atoms with van der Waals surface area (Å²) in [5.74, 6) is 0.803. The maximum atomic E-state index is 10.2. The summed E-state index contributed by atoms with van der Waals surface area (Å²) in [7, 11) is 0. The Morgan fingerprint density at radius 1 is 1.05 bits per heavy atom. The molecule has 2 saturated heterocycles. The minimum atomic E-state index is -0.0972. The quantitative estimate of drug-likeness (QED) is 0.762. The molecule has 19 heavy (non-hydrogen) atoms. The summed E-state index contributed by atoms with van der Waals surface area (Å²) in [6.45, 7) is 7.88. The molecule has 0 amide bonds. The van der Waals surface area contributed by atoms with Gasteiger partial charge in [0.15, 0.2) is 0 Å².